The molecule has 3 aromatic carbocycles. The first kappa shape index (κ1) is 31.8. The van der Waals surface area contributed by atoms with Crippen LogP contribution in [0.5, 0.6) is 0 Å². The van der Waals surface area contributed by atoms with Gasteiger partial charge in [0.1, 0.15) is 36.9 Å². The standard InChI is InChI=1S/C42H38N8O2/c1-47-25-29(21-27-11-3-5-13-35(27)47)43-41(51)33-23-37(49-17-7-8-18-49)31-15-16-32-38(50-19-9-10-20-50)24-34(46-40(32)39(31)45-33)42(52)44-30-22-28-12-4-6-14-36(28)48(2)26-30/h3-6,11-16,21-26H,7-10,17-20H2,1-2H3/p+2. The van der Waals surface area contributed by atoms with Crippen molar-refractivity contribution >= 4 is 78.2 Å². The summed E-state index contributed by atoms with van der Waals surface area (Å²) in [6.45, 7) is 3.60. The monoisotopic (exact) mass is 688 g/mol. The van der Waals surface area contributed by atoms with Gasteiger partial charge in [0.2, 0.25) is 11.0 Å². The van der Waals surface area contributed by atoms with Crippen LogP contribution in [0.4, 0.5) is 22.7 Å². The summed E-state index contributed by atoms with van der Waals surface area (Å²) in [7, 11) is 3.95. The van der Waals surface area contributed by atoms with Crippen LogP contribution < -0.4 is 29.6 Å². The maximum atomic E-state index is 14.1. The second-order valence-electron chi connectivity index (χ2n) is 14.0. The molecule has 2 fully saturated rings. The molecule has 52 heavy (non-hydrogen) atoms. The van der Waals surface area contributed by atoms with E-state index in [-0.39, 0.29) is 11.8 Å². The summed E-state index contributed by atoms with van der Waals surface area (Å²) in [5.41, 5.74) is 7.27. The SMILES string of the molecule is C[n+]1cc(NC(=O)c2cc(N3CCCC3)c3ccc4c(N5CCCC5)cc(C(=O)Nc5cc6ccccc6[n+](C)c5)nc4c3n2)cc2ccccc21. The number of para-hydroxylation sites is 2. The Morgan fingerprint density at radius 2 is 0.981 bits per heavy atom. The molecular formula is C42H40N8O2+2. The van der Waals surface area contributed by atoms with Gasteiger partial charge in [0.25, 0.3) is 11.8 Å². The van der Waals surface area contributed by atoms with Crippen LogP contribution in [0.25, 0.3) is 43.6 Å². The van der Waals surface area contributed by atoms with Gasteiger partial charge in [-0.2, -0.15) is 9.13 Å². The van der Waals surface area contributed by atoms with E-state index in [0.717, 1.165) is 95.8 Å². The summed E-state index contributed by atoms with van der Waals surface area (Å²) in [6.07, 6.45) is 8.17. The molecule has 9 rings (SSSR count). The molecule has 2 amide bonds. The van der Waals surface area contributed by atoms with E-state index < -0.39 is 0 Å². The molecule has 258 valence electrons. The molecule has 2 N–H and O–H groups in total. The molecule has 0 aliphatic carbocycles. The molecule has 0 spiro atoms. The number of nitrogens with one attached hydrogen (secondary N) is 2. The third-order valence-electron chi connectivity index (χ3n) is 10.5. The molecule has 0 saturated carbocycles. The van der Waals surface area contributed by atoms with Crippen molar-refractivity contribution in [1.82, 2.24) is 9.97 Å². The van der Waals surface area contributed by atoms with Crippen LogP contribution in [0.2, 0.25) is 0 Å². The van der Waals surface area contributed by atoms with Gasteiger partial charge in [0.05, 0.1) is 11.0 Å². The quantitative estimate of drug-likeness (QED) is 0.154. The van der Waals surface area contributed by atoms with Crippen molar-refractivity contribution in [1.29, 1.82) is 0 Å². The Bertz CT molecular complexity index is 2400. The van der Waals surface area contributed by atoms with Gasteiger partial charge in [0, 0.05) is 71.2 Å². The molecule has 2 aliphatic rings. The van der Waals surface area contributed by atoms with Crippen molar-refractivity contribution in [2.45, 2.75) is 25.7 Å². The van der Waals surface area contributed by atoms with Gasteiger partial charge >= 0.3 is 0 Å². The first-order valence-corrected chi connectivity index (χ1v) is 18.1. The molecule has 10 nitrogen and oxygen atoms in total. The van der Waals surface area contributed by atoms with Gasteiger partial charge in [-0.1, -0.05) is 24.3 Å². The molecule has 10 heteroatoms. The molecule has 0 unspecified atom stereocenters. The van der Waals surface area contributed by atoms with Gasteiger partial charge in [-0.25, -0.2) is 9.97 Å². The Balaban J connectivity index is 1.18. The first-order valence-electron chi connectivity index (χ1n) is 18.1. The van der Waals surface area contributed by atoms with Crippen LogP contribution in [0.15, 0.2) is 97.3 Å². The van der Waals surface area contributed by atoms with E-state index in [0.29, 0.717) is 33.8 Å². The second kappa shape index (κ2) is 12.9. The summed E-state index contributed by atoms with van der Waals surface area (Å²) in [5, 5.41) is 10.1. The van der Waals surface area contributed by atoms with Gasteiger partial charge in [-0.05, 0) is 74.2 Å². The molecular weight excluding hydrogens is 649 g/mol. The Labute approximate surface area is 301 Å². The highest BCUT2D eigenvalue weighted by atomic mass is 16.2. The van der Waals surface area contributed by atoms with Crippen molar-refractivity contribution in [3.05, 3.63) is 109 Å². The number of hydrogen-bond donors (Lipinski definition) is 2. The summed E-state index contributed by atoms with van der Waals surface area (Å²) in [6, 6.07) is 28.2. The number of anilines is 4. The van der Waals surface area contributed by atoms with Crippen LogP contribution in [0.1, 0.15) is 46.7 Å². The van der Waals surface area contributed by atoms with E-state index in [2.05, 4.69) is 44.7 Å². The number of benzene rings is 3. The van der Waals surface area contributed by atoms with Crippen LogP contribution >= 0.6 is 0 Å². The molecule has 2 aliphatic heterocycles. The highest BCUT2D eigenvalue weighted by Gasteiger charge is 2.25. The predicted molar refractivity (Wildman–Crippen MR) is 206 cm³/mol. The third-order valence-corrected chi connectivity index (χ3v) is 10.5. The molecule has 0 radical (unpaired) electrons. The van der Waals surface area contributed by atoms with Crippen molar-refractivity contribution in [2.75, 3.05) is 46.6 Å². The number of amides is 2. The van der Waals surface area contributed by atoms with Gasteiger partial charge < -0.3 is 20.4 Å². The van der Waals surface area contributed by atoms with E-state index in [1.165, 1.54) is 0 Å². The summed E-state index contributed by atoms with van der Waals surface area (Å²) in [4.78, 5) is 42.9. The lowest BCUT2D eigenvalue weighted by Gasteiger charge is -2.23. The van der Waals surface area contributed by atoms with Crippen molar-refractivity contribution in [3.8, 4) is 0 Å². The lowest BCUT2D eigenvalue weighted by atomic mass is 10.0. The normalized spacial score (nSPS) is 14.6. The fraction of sp³-hybridized carbons (Fsp3) is 0.238. The smallest absolute Gasteiger partial charge is 0.274 e. The first-order chi connectivity index (χ1) is 25.4. The van der Waals surface area contributed by atoms with Gasteiger partial charge in [-0.3, -0.25) is 9.59 Å². The average molecular weight is 689 g/mol. The largest absolute Gasteiger partial charge is 0.371 e. The number of rotatable bonds is 6. The number of aryl methyl sites for hydroxylation is 2. The van der Waals surface area contributed by atoms with Crippen LogP contribution in [-0.4, -0.2) is 48.0 Å². The number of fused-ring (bicyclic) bond motifs is 5. The Morgan fingerprint density at radius 1 is 0.577 bits per heavy atom. The van der Waals surface area contributed by atoms with Crippen LogP contribution in [0, 0.1) is 0 Å². The maximum absolute atomic E-state index is 14.1. The average Bonchev–Trinajstić information content (AvgIpc) is 3.90. The zero-order chi connectivity index (χ0) is 35.3. The fourth-order valence-corrected chi connectivity index (χ4v) is 7.97. The zero-order valence-corrected chi connectivity index (χ0v) is 29.4. The minimum Gasteiger partial charge on any atom is -0.371 e. The van der Waals surface area contributed by atoms with E-state index in [1.807, 2.05) is 96.3 Å². The van der Waals surface area contributed by atoms with E-state index in [9.17, 15) is 9.59 Å². The Kier molecular flexibility index (Phi) is 7.87. The summed E-state index contributed by atoms with van der Waals surface area (Å²) in [5.74, 6) is -0.597. The van der Waals surface area contributed by atoms with Crippen molar-refractivity contribution in [3.63, 3.8) is 0 Å². The van der Waals surface area contributed by atoms with Gasteiger partial charge in [0.15, 0.2) is 12.4 Å². The summed E-state index contributed by atoms with van der Waals surface area (Å²) >= 11 is 0. The molecule has 0 atom stereocenters. The Hall–Kier alpha value is -6.16. The highest BCUT2D eigenvalue weighted by molar-refractivity contribution is 6.15. The number of hydrogen-bond acceptors (Lipinski definition) is 6. The topological polar surface area (TPSA) is 98.2 Å². The van der Waals surface area contributed by atoms with Crippen LogP contribution in [-0.2, 0) is 14.1 Å². The van der Waals surface area contributed by atoms with Crippen molar-refractivity contribution < 1.29 is 18.7 Å². The van der Waals surface area contributed by atoms with Crippen molar-refractivity contribution in [2.24, 2.45) is 14.1 Å². The van der Waals surface area contributed by atoms with E-state index in [1.54, 1.807) is 0 Å². The van der Waals surface area contributed by atoms with E-state index in [4.69, 9.17) is 9.97 Å². The molecule has 7 aromatic rings. The number of carbonyl (C=O) groups excluding carboxylic acids is 2. The van der Waals surface area contributed by atoms with E-state index >= 15 is 0 Å². The fourth-order valence-electron chi connectivity index (χ4n) is 7.97. The molecule has 4 aromatic heterocycles. The zero-order valence-electron chi connectivity index (χ0n) is 29.4. The molecule has 0 bridgehead atoms. The Morgan fingerprint density at radius 3 is 1.40 bits per heavy atom. The highest BCUT2D eigenvalue weighted by Crippen LogP contribution is 2.38. The maximum Gasteiger partial charge on any atom is 0.274 e. The number of aromatic nitrogens is 4. The molecule has 6 heterocycles. The minimum absolute atomic E-state index is 0.299. The minimum atomic E-state index is -0.299. The lowest BCUT2D eigenvalue weighted by molar-refractivity contribution is -0.644. The number of nitrogens with zero attached hydrogens (tertiary/aromatic N) is 6. The van der Waals surface area contributed by atoms with Gasteiger partial charge in [-0.15, -0.1) is 0 Å². The number of pyridine rings is 4. The second-order valence-corrected chi connectivity index (χ2v) is 14.0. The number of carbonyl (C=O) groups is 2. The lowest BCUT2D eigenvalue weighted by Crippen LogP contribution is -2.29. The third kappa shape index (κ3) is 5.70. The van der Waals surface area contributed by atoms with Crippen LogP contribution in [0.3, 0.4) is 0 Å². The summed E-state index contributed by atoms with van der Waals surface area (Å²) < 4.78 is 4.02. The predicted octanol–water partition coefficient (Wildman–Crippen LogP) is 6.44. The molecule has 2 saturated heterocycles.